The molecule has 0 saturated carbocycles. The first-order valence-corrected chi connectivity index (χ1v) is 13.2. The highest BCUT2D eigenvalue weighted by Crippen LogP contribution is 2.40. The van der Waals surface area contributed by atoms with Crippen LogP contribution in [0.5, 0.6) is 5.75 Å². The topological polar surface area (TPSA) is 87.8 Å². The van der Waals surface area contributed by atoms with Crippen LogP contribution in [0.4, 0.5) is 0 Å². The molecule has 7 heteroatoms. The monoisotopic (exact) mass is 499 g/mol. The zero-order valence-corrected chi connectivity index (χ0v) is 21.6. The van der Waals surface area contributed by atoms with Crippen molar-refractivity contribution in [2.45, 2.75) is 64.2 Å². The maximum atomic E-state index is 12.4. The summed E-state index contributed by atoms with van der Waals surface area (Å²) in [4.78, 5) is 14.9. The third-order valence-electron chi connectivity index (χ3n) is 7.58. The average Bonchev–Trinajstić information content (AvgIpc) is 2.86. The minimum absolute atomic E-state index is 0.0546. The highest BCUT2D eigenvalue weighted by Gasteiger charge is 2.35. The number of nitrogens with one attached hydrogen (secondary N) is 1. The minimum atomic E-state index is -0.141. The Morgan fingerprint density at radius 3 is 2.63 bits per heavy atom. The first kappa shape index (κ1) is 26.0. The van der Waals surface area contributed by atoms with Crippen molar-refractivity contribution in [2.75, 3.05) is 26.2 Å². The summed E-state index contributed by atoms with van der Waals surface area (Å²) in [6.45, 7) is 7.57. The first-order valence-electron chi connectivity index (χ1n) is 12.8. The Balaban J connectivity index is 1.21. The molecule has 0 aliphatic carbocycles. The lowest BCUT2D eigenvalue weighted by atomic mass is 9.83. The van der Waals surface area contributed by atoms with Gasteiger partial charge in [0.2, 0.25) is 0 Å². The molecule has 2 aliphatic rings. The average molecular weight is 500 g/mol. The highest BCUT2D eigenvalue weighted by molar-refractivity contribution is 6.30. The Bertz CT molecular complexity index is 1010. The number of piperidine rings is 1. The Morgan fingerprint density at radius 1 is 1.23 bits per heavy atom. The molecule has 2 aromatic rings. The smallest absolute Gasteiger partial charge is 0.251 e. The summed E-state index contributed by atoms with van der Waals surface area (Å²) in [5.41, 5.74) is 9.63. The van der Waals surface area contributed by atoms with Gasteiger partial charge in [0, 0.05) is 35.2 Å². The SMILES string of the molecule is Cc1ccc2c(c1O)CC(C1CCN(CCCC(C)NC(=O)c3ccc(Cl)cc3)CC1)OC2CN. The Morgan fingerprint density at radius 2 is 1.94 bits per heavy atom. The molecule has 2 aromatic carbocycles. The van der Waals surface area contributed by atoms with Gasteiger partial charge >= 0.3 is 0 Å². The van der Waals surface area contributed by atoms with E-state index in [1.807, 2.05) is 13.0 Å². The fourth-order valence-corrected chi connectivity index (χ4v) is 5.56. The summed E-state index contributed by atoms with van der Waals surface area (Å²) < 4.78 is 6.42. The van der Waals surface area contributed by atoms with Crippen molar-refractivity contribution in [1.29, 1.82) is 0 Å². The van der Waals surface area contributed by atoms with Crippen molar-refractivity contribution >= 4 is 17.5 Å². The maximum Gasteiger partial charge on any atom is 0.251 e. The van der Waals surface area contributed by atoms with Crippen LogP contribution in [0.1, 0.15) is 65.8 Å². The van der Waals surface area contributed by atoms with Crippen molar-refractivity contribution in [3.63, 3.8) is 0 Å². The van der Waals surface area contributed by atoms with E-state index >= 15 is 0 Å². The number of nitrogens with two attached hydrogens (primary N) is 1. The molecule has 2 aliphatic heterocycles. The molecular weight excluding hydrogens is 462 g/mol. The molecule has 190 valence electrons. The van der Waals surface area contributed by atoms with E-state index in [-0.39, 0.29) is 24.2 Å². The minimum Gasteiger partial charge on any atom is -0.507 e. The van der Waals surface area contributed by atoms with Gasteiger partial charge < -0.3 is 25.8 Å². The van der Waals surface area contributed by atoms with Gasteiger partial charge in [-0.15, -0.1) is 0 Å². The number of benzene rings is 2. The Hall–Kier alpha value is -2.12. The van der Waals surface area contributed by atoms with Crippen molar-refractivity contribution in [3.05, 3.63) is 63.7 Å². The summed E-state index contributed by atoms with van der Waals surface area (Å²) in [5, 5.41) is 14.4. The van der Waals surface area contributed by atoms with Crippen LogP contribution in [0, 0.1) is 12.8 Å². The molecule has 2 heterocycles. The van der Waals surface area contributed by atoms with Gasteiger partial charge in [0.05, 0.1) is 12.2 Å². The second-order valence-electron chi connectivity index (χ2n) is 10.1. The number of nitrogens with zero attached hydrogens (tertiary/aromatic N) is 1. The van der Waals surface area contributed by atoms with Crippen LogP contribution in [-0.4, -0.2) is 54.2 Å². The second-order valence-corrected chi connectivity index (χ2v) is 10.5. The normalized spacial score (nSPS) is 21.9. The lowest BCUT2D eigenvalue weighted by Crippen LogP contribution is -2.42. The van der Waals surface area contributed by atoms with E-state index in [2.05, 4.69) is 23.2 Å². The molecule has 4 rings (SSSR count). The van der Waals surface area contributed by atoms with Crippen molar-refractivity contribution < 1.29 is 14.6 Å². The Labute approximate surface area is 213 Å². The van der Waals surface area contributed by atoms with Gasteiger partial charge in [0.15, 0.2) is 0 Å². The molecule has 0 bridgehead atoms. The lowest BCUT2D eigenvalue weighted by molar-refractivity contribution is -0.0647. The van der Waals surface area contributed by atoms with Crippen molar-refractivity contribution in [1.82, 2.24) is 10.2 Å². The number of carbonyl (C=O) groups excluding carboxylic acids is 1. The molecule has 1 fully saturated rings. The number of phenols is 1. The lowest BCUT2D eigenvalue weighted by Gasteiger charge is -2.40. The predicted octanol–water partition coefficient (Wildman–Crippen LogP) is 4.61. The first-order chi connectivity index (χ1) is 16.9. The number of aromatic hydroxyl groups is 1. The maximum absolute atomic E-state index is 12.4. The molecule has 4 N–H and O–H groups in total. The molecule has 1 saturated heterocycles. The number of ether oxygens (including phenoxy) is 1. The van der Waals surface area contributed by atoms with E-state index in [1.54, 1.807) is 24.3 Å². The van der Waals surface area contributed by atoms with Crippen LogP contribution in [-0.2, 0) is 11.2 Å². The molecule has 35 heavy (non-hydrogen) atoms. The number of phenolic OH excluding ortho intramolecular Hbond substituents is 1. The highest BCUT2D eigenvalue weighted by atomic mass is 35.5. The van der Waals surface area contributed by atoms with E-state index in [9.17, 15) is 9.90 Å². The van der Waals surface area contributed by atoms with Gasteiger partial charge in [-0.3, -0.25) is 4.79 Å². The summed E-state index contributed by atoms with van der Waals surface area (Å²) in [6.07, 6.45) is 4.89. The van der Waals surface area contributed by atoms with Crippen LogP contribution in [0.2, 0.25) is 5.02 Å². The van der Waals surface area contributed by atoms with Crippen molar-refractivity contribution in [2.24, 2.45) is 11.7 Å². The van der Waals surface area contributed by atoms with E-state index in [0.29, 0.717) is 28.8 Å². The van der Waals surface area contributed by atoms with Crippen LogP contribution in [0.3, 0.4) is 0 Å². The summed E-state index contributed by atoms with van der Waals surface area (Å²) in [7, 11) is 0. The fraction of sp³-hybridized carbons (Fsp3) is 0.536. The quantitative estimate of drug-likeness (QED) is 0.494. The van der Waals surface area contributed by atoms with Gasteiger partial charge in [0.1, 0.15) is 5.75 Å². The van der Waals surface area contributed by atoms with Gasteiger partial charge in [-0.05, 0) is 100 Å². The van der Waals surface area contributed by atoms with E-state index < -0.39 is 0 Å². The second kappa shape index (κ2) is 11.7. The zero-order valence-electron chi connectivity index (χ0n) is 20.8. The molecule has 0 radical (unpaired) electrons. The van der Waals surface area contributed by atoms with E-state index in [4.69, 9.17) is 22.1 Å². The summed E-state index contributed by atoms with van der Waals surface area (Å²) in [5.74, 6) is 0.830. The van der Waals surface area contributed by atoms with Gasteiger partial charge in [-0.1, -0.05) is 23.7 Å². The molecule has 6 nitrogen and oxygen atoms in total. The largest absolute Gasteiger partial charge is 0.507 e. The predicted molar refractivity (Wildman–Crippen MR) is 140 cm³/mol. The van der Waals surface area contributed by atoms with E-state index in [0.717, 1.165) is 68.4 Å². The Kier molecular flexibility index (Phi) is 8.71. The third-order valence-corrected chi connectivity index (χ3v) is 7.83. The summed E-state index contributed by atoms with van der Waals surface area (Å²) in [6, 6.07) is 11.1. The third kappa shape index (κ3) is 6.36. The van der Waals surface area contributed by atoms with Crippen LogP contribution >= 0.6 is 11.6 Å². The van der Waals surface area contributed by atoms with Crippen LogP contribution in [0.15, 0.2) is 36.4 Å². The molecule has 1 amide bonds. The molecule has 0 spiro atoms. The van der Waals surface area contributed by atoms with Crippen molar-refractivity contribution in [3.8, 4) is 5.75 Å². The zero-order chi connectivity index (χ0) is 24.9. The number of rotatable bonds is 8. The number of hydrogen-bond donors (Lipinski definition) is 3. The van der Waals surface area contributed by atoms with Crippen LogP contribution < -0.4 is 11.1 Å². The fourth-order valence-electron chi connectivity index (χ4n) is 5.43. The number of halogens is 1. The molecule has 3 unspecified atom stereocenters. The number of aryl methyl sites for hydroxylation is 1. The summed E-state index contributed by atoms with van der Waals surface area (Å²) >= 11 is 5.90. The number of likely N-dealkylation sites (tertiary alicyclic amines) is 1. The van der Waals surface area contributed by atoms with E-state index in [1.165, 1.54) is 0 Å². The molecule has 3 atom stereocenters. The van der Waals surface area contributed by atoms with Crippen LogP contribution in [0.25, 0.3) is 0 Å². The number of amides is 1. The van der Waals surface area contributed by atoms with Gasteiger partial charge in [-0.2, -0.15) is 0 Å². The standard InChI is InChI=1S/C28H38ClN3O3/c1-18-5-10-23-24(27(18)33)16-25(35-26(23)17-30)20-11-14-32(15-12-20)13-3-4-19(2)31-28(34)21-6-8-22(29)9-7-21/h5-10,19-20,25-26,33H,3-4,11-17,30H2,1-2H3,(H,31,34). The van der Waals surface area contributed by atoms with Gasteiger partial charge in [0.25, 0.3) is 5.91 Å². The number of hydrogen-bond acceptors (Lipinski definition) is 5. The van der Waals surface area contributed by atoms with Gasteiger partial charge in [-0.25, -0.2) is 0 Å². The number of carbonyl (C=O) groups is 1. The molecule has 0 aromatic heterocycles. The number of fused-ring (bicyclic) bond motifs is 1. The molecular formula is C28H38ClN3O3.